The fourth-order valence-corrected chi connectivity index (χ4v) is 2.09. The van der Waals surface area contributed by atoms with Gasteiger partial charge in [-0.25, -0.2) is 4.79 Å². The molecule has 4 nitrogen and oxygen atoms in total. The van der Waals surface area contributed by atoms with Gasteiger partial charge in [0.1, 0.15) is 0 Å². The molecule has 3 rings (SSSR count). The summed E-state index contributed by atoms with van der Waals surface area (Å²) in [5.74, 6) is 0.578. The van der Waals surface area contributed by atoms with Crippen LogP contribution in [-0.2, 0) is 0 Å². The highest BCUT2D eigenvalue weighted by atomic mass is 16.5. The maximum absolute atomic E-state index is 12.1. The summed E-state index contributed by atoms with van der Waals surface area (Å²) in [5, 5.41) is 0.816. The zero-order valence-electron chi connectivity index (χ0n) is 11.0. The summed E-state index contributed by atoms with van der Waals surface area (Å²) < 4.78 is 10.9. The van der Waals surface area contributed by atoms with Gasteiger partial charge in [-0.3, -0.25) is 4.98 Å². The van der Waals surface area contributed by atoms with Gasteiger partial charge in [0.2, 0.25) is 0 Å². The second-order valence-corrected chi connectivity index (χ2v) is 4.27. The number of rotatable bonds is 3. The molecule has 2 heterocycles. The summed E-state index contributed by atoms with van der Waals surface area (Å²) in [6.07, 6.45) is 1.65. The Morgan fingerprint density at radius 3 is 2.85 bits per heavy atom. The van der Waals surface area contributed by atoms with E-state index in [1.54, 1.807) is 30.5 Å². The van der Waals surface area contributed by atoms with Crippen molar-refractivity contribution in [3.63, 3.8) is 0 Å². The summed E-state index contributed by atoms with van der Waals surface area (Å²) in [5.41, 5.74) is 1.11. The summed E-state index contributed by atoms with van der Waals surface area (Å²) >= 11 is 0. The van der Waals surface area contributed by atoms with Crippen LogP contribution in [-0.4, -0.2) is 11.6 Å². The van der Waals surface area contributed by atoms with Crippen molar-refractivity contribution < 1.29 is 9.15 Å². The molecule has 0 amide bonds. The van der Waals surface area contributed by atoms with E-state index in [2.05, 4.69) is 4.98 Å². The first-order chi connectivity index (χ1) is 9.79. The molecule has 0 bridgehead atoms. The van der Waals surface area contributed by atoms with E-state index < -0.39 is 5.63 Å². The van der Waals surface area contributed by atoms with Crippen molar-refractivity contribution >= 4 is 11.0 Å². The summed E-state index contributed by atoms with van der Waals surface area (Å²) in [7, 11) is 0. The Labute approximate surface area is 115 Å². The molecule has 0 aliphatic carbocycles. The van der Waals surface area contributed by atoms with Crippen LogP contribution in [0.3, 0.4) is 0 Å². The Kier molecular flexibility index (Phi) is 3.21. The number of fused-ring (bicyclic) bond motifs is 1. The number of hydrogen-bond acceptors (Lipinski definition) is 4. The van der Waals surface area contributed by atoms with E-state index in [0.29, 0.717) is 29.2 Å². The van der Waals surface area contributed by atoms with Crippen molar-refractivity contribution in [1.29, 1.82) is 0 Å². The molecule has 3 aromatic rings. The van der Waals surface area contributed by atoms with Crippen molar-refractivity contribution in [2.75, 3.05) is 6.61 Å². The summed E-state index contributed by atoms with van der Waals surface area (Å²) in [6, 6.07) is 12.7. The normalized spacial score (nSPS) is 10.7. The number of pyridine rings is 1. The Bertz CT molecular complexity index is 794. The van der Waals surface area contributed by atoms with Crippen molar-refractivity contribution in [3.05, 3.63) is 59.1 Å². The highest BCUT2D eigenvalue weighted by molar-refractivity contribution is 5.85. The van der Waals surface area contributed by atoms with Crippen molar-refractivity contribution in [2.24, 2.45) is 0 Å². The van der Waals surface area contributed by atoms with Crippen LogP contribution >= 0.6 is 0 Å². The zero-order valence-corrected chi connectivity index (χ0v) is 11.0. The summed E-state index contributed by atoms with van der Waals surface area (Å²) in [6.45, 7) is 2.41. The third kappa shape index (κ3) is 2.16. The zero-order chi connectivity index (χ0) is 13.9. The topological polar surface area (TPSA) is 52.3 Å². The lowest BCUT2D eigenvalue weighted by molar-refractivity contribution is 0.337. The molecule has 0 saturated carbocycles. The molecule has 0 aliphatic rings. The van der Waals surface area contributed by atoms with E-state index in [1.807, 2.05) is 25.1 Å². The van der Waals surface area contributed by atoms with Crippen LogP contribution in [0.2, 0.25) is 0 Å². The van der Waals surface area contributed by atoms with E-state index in [-0.39, 0.29) is 0 Å². The molecular formula is C16H13NO3. The fourth-order valence-electron chi connectivity index (χ4n) is 2.09. The monoisotopic (exact) mass is 267 g/mol. The van der Waals surface area contributed by atoms with Gasteiger partial charge in [-0.1, -0.05) is 18.2 Å². The van der Waals surface area contributed by atoms with Gasteiger partial charge in [0.05, 0.1) is 17.9 Å². The maximum atomic E-state index is 12.1. The van der Waals surface area contributed by atoms with Crippen LogP contribution in [0.15, 0.2) is 57.9 Å². The van der Waals surface area contributed by atoms with Crippen molar-refractivity contribution in [1.82, 2.24) is 4.98 Å². The molecule has 0 spiro atoms. The van der Waals surface area contributed by atoms with Crippen LogP contribution < -0.4 is 10.4 Å². The minimum atomic E-state index is -0.414. The van der Waals surface area contributed by atoms with Gasteiger partial charge >= 0.3 is 5.63 Å². The maximum Gasteiger partial charge on any atom is 0.345 e. The number of nitrogens with zero attached hydrogens (tertiary/aromatic N) is 1. The SMILES string of the molecule is CCOc1cccc2cc(-c3ccccn3)c(=O)oc12. The lowest BCUT2D eigenvalue weighted by Gasteiger charge is -2.07. The molecule has 0 aliphatic heterocycles. The third-order valence-corrected chi connectivity index (χ3v) is 2.96. The van der Waals surface area contributed by atoms with Crippen molar-refractivity contribution in [3.8, 4) is 17.0 Å². The molecule has 20 heavy (non-hydrogen) atoms. The average Bonchev–Trinajstić information content (AvgIpc) is 2.48. The van der Waals surface area contributed by atoms with E-state index in [4.69, 9.17) is 9.15 Å². The third-order valence-electron chi connectivity index (χ3n) is 2.96. The Hall–Kier alpha value is -2.62. The molecule has 100 valence electrons. The molecule has 0 N–H and O–H groups in total. The number of ether oxygens (including phenoxy) is 1. The second-order valence-electron chi connectivity index (χ2n) is 4.27. The number of hydrogen-bond donors (Lipinski definition) is 0. The highest BCUT2D eigenvalue weighted by Crippen LogP contribution is 2.26. The Morgan fingerprint density at radius 2 is 2.10 bits per heavy atom. The largest absolute Gasteiger partial charge is 0.490 e. The second kappa shape index (κ2) is 5.17. The Balaban J connectivity index is 2.23. The Morgan fingerprint density at radius 1 is 1.20 bits per heavy atom. The number of benzene rings is 1. The standard InChI is InChI=1S/C16H13NO3/c1-2-19-14-8-5-6-11-10-12(16(18)20-15(11)14)13-7-3-4-9-17-13/h3-10H,2H2,1H3. The molecule has 0 saturated heterocycles. The number of aromatic nitrogens is 1. The highest BCUT2D eigenvalue weighted by Gasteiger charge is 2.11. The summed E-state index contributed by atoms with van der Waals surface area (Å²) in [4.78, 5) is 16.3. The first-order valence-corrected chi connectivity index (χ1v) is 6.40. The van der Waals surface area contributed by atoms with Gasteiger partial charge in [0.25, 0.3) is 0 Å². The first-order valence-electron chi connectivity index (χ1n) is 6.40. The first kappa shape index (κ1) is 12.4. The lowest BCUT2D eigenvalue weighted by Crippen LogP contribution is -2.04. The van der Waals surface area contributed by atoms with Gasteiger partial charge in [-0.15, -0.1) is 0 Å². The van der Waals surface area contributed by atoms with E-state index in [1.165, 1.54) is 0 Å². The van der Waals surface area contributed by atoms with Crippen molar-refractivity contribution in [2.45, 2.75) is 6.92 Å². The molecule has 0 atom stereocenters. The van der Waals surface area contributed by atoms with Gasteiger partial charge in [0, 0.05) is 11.6 Å². The van der Waals surface area contributed by atoms with Gasteiger partial charge in [-0.2, -0.15) is 0 Å². The lowest BCUT2D eigenvalue weighted by atomic mass is 10.1. The molecule has 0 unspecified atom stereocenters. The molecule has 0 fully saturated rings. The van der Waals surface area contributed by atoms with Crippen LogP contribution in [0.1, 0.15) is 6.92 Å². The van der Waals surface area contributed by atoms with Crippen LogP contribution in [0.4, 0.5) is 0 Å². The molecule has 4 heteroatoms. The fraction of sp³-hybridized carbons (Fsp3) is 0.125. The quantitative estimate of drug-likeness (QED) is 0.683. The molecule has 2 aromatic heterocycles. The predicted octanol–water partition coefficient (Wildman–Crippen LogP) is 3.25. The van der Waals surface area contributed by atoms with E-state index in [9.17, 15) is 4.79 Å². The van der Waals surface area contributed by atoms with Crippen LogP contribution in [0.5, 0.6) is 5.75 Å². The van der Waals surface area contributed by atoms with Crippen LogP contribution in [0.25, 0.3) is 22.2 Å². The molecule has 0 radical (unpaired) electrons. The van der Waals surface area contributed by atoms with Gasteiger partial charge in [-0.05, 0) is 31.2 Å². The smallest absolute Gasteiger partial charge is 0.345 e. The molecule has 1 aromatic carbocycles. The predicted molar refractivity (Wildman–Crippen MR) is 76.9 cm³/mol. The van der Waals surface area contributed by atoms with Gasteiger partial charge < -0.3 is 9.15 Å². The van der Waals surface area contributed by atoms with Gasteiger partial charge in [0.15, 0.2) is 11.3 Å². The minimum absolute atomic E-state index is 0.414. The van der Waals surface area contributed by atoms with E-state index >= 15 is 0 Å². The average molecular weight is 267 g/mol. The minimum Gasteiger partial charge on any atom is -0.490 e. The number of para-hydroxylation sites is 1. The molecular weight excluding hydrogens is 254 g/mol. The van der Waals surface area contributed by atoms with E-state index in [0.717, 1.165) is 5.39 Å². The van der Waals surface area contributed by atoms with Crippen LogP contribution in [0, 0.1) is 0 Å².